The molecule has 0 fully saturated rings. The molecule has 0 spiro atoms. The first-order valence-corrected chi connectivity index (χ1v) is 19.3. The molecule has 4 aliphatic rings. The van der Waals surface area contributed by atoms with Gasteiger partial charge in [0.25, 0.3) is 0 Å². The van der Waals surface area contributed by atoms with E-state index in [0.717, 1.165) is 38.5 Å². The number of fused-ring (bicyclic) bond motifs is 6. The Hall–Kier alpha value is -5.10. The highest BCUT2D eigenvalue weighted by atomic mass is 16.2. The molecular formula is C46H48N4O2. The van der Waals surface area contributed by atoms with Crippen molar-refractivity contribution in [3.8, 4) is 0 Å². The van der Waals surface area contributed by atoms with Crippen molar-refractivity contribution < 1.29 is 9.59 Å². The second kappa shape index (κ2) is 12.8. The van der Waals surface area contributed by atoms with Crippen LogP contribution in [0.1, 0.15) is 108 Å². The van der Waals surface area contributed by atoms with Crippen LogP contribution < -0.4 is 0 Å². The Kier molecular flexibility index (Phi) is 8.09. The van der Waals surface area contributed by atoms with Crippen molar-refractivity contribution in [2.45, 2.75) is 103 Å². The monoisotopic (exact) mass is 688 g/mol. The minimum Gasteiger partial charge on any atom is -0.333 e. The van der Waals surface area contributed by atoms with E-state index >= 15 is 0 Å². The van der Waals surface area contributed by atoms with Crippen LogP contribution in [0.25, 0.3) is 21.8 Å². The van der Waals surface area contributed by atoms with Crippen LogP contribution in [-0.4, -0.2) is 30.7 Å². The molecule has 6 heteroatoms. The van der Waals surface area contributed by atoms with Gasteiger partial charge in [0.1, 0.15) is 13.1 Å². The molecule has 2 amide bonds. The van der Waals surface area contributed by atoms with Crippen LogP contribution in [0, 0.1) is 13.8 Å². The fourth-order valence-electron chi connectivity index (χ4n) is 10.0. The zero-order chi connectivity index (χ0) is 35.7. The van der Waals surface area contributed by atoms with E-state index in [2.05, 4.69) is 132 Å². The number of rotatable bonds is 4. The molecule has 2 aromatic heterocycles. The smallest absolute Gasteiger partial charge is 0.243 e. The van der Waals surface area contributed by atoms with Gasteiger partial charge in [0.05, 0.1) is 24.2 Å². The Balaban J connectivity index is 0.000000138. The van der Waals surface area contributed by atoms with Crippen molar-refractivity contribution in [3.05, 3.63) is 142 Å². The van der Waals surface area contributed by atoms with Gasteiger partial charge in [-0.2, -0.15) is 0 Å². The zero-order valence-corrected chi connectivity index (χ0v) is 30.8. The summed E-state index contributed by atoms with van der Waals surface area (Å²) >= 11 is 0. The molecule has 0 saturated carbocycles. The van der Waals surface area contributed by atoms with Crippen molar-refractivity contribution in [3.63, 3.8) is 0 Å². The van der Waals surface area contributed by atoms with Crippen LogP contribution >= 0.6 is 0 Å². The number of hydrogen-bond acceptors (Lipinski definition) is 2. The zero-order valence-electron chi connectivity index (χ0n) is 30.8. The molecule has 6 nitrogen and oxygen atoms in total. The Morgan fingerprint density at radius 2 is 0.962 bits per heavy atom. The van der Waals surface area contributed by atoms with Crippen molar-refractivity contribution >= 4 is 33.6 Å². The molecule has 2 aliphatic carbocycles. The average Bonchev–Trinajstić information content (AvgIpc) is 3.64. The topological polar surface area (TPSA) is 50.5 Å². The Bertz CT molecular complexity index is 2170. The Morgan fingerprint density at radius 1 is 0.558 bits per heavy atom. The molecular weight excluding hydrogens is 641 g/mol. The van der Waals surface area contributed by atoms with Gasteiger partial charge in [-0.1, -0.05) is 83.9 Å². The molecule has 6 aromatic rings. The number of aromatic nitrogens is 2. The third kappa shape index (κ3) is 5.21. The van der Waals surface area contributed by atoms with Gasteiger partial charge in [0, 0.05) is 33.2 Å². The summed E-state index contributed by atoms with van der Waals surface area (Å²) in [6.45, 7) is 9.56. The van der Waals surface area contributed by atoms with Gasteiger partial charge < -0.3 is 18.9 Å². The van der Waals surface area contributed by atoms with E-state index in [4.69, 9.17) is 0 Å². The number of hydrogen-bond donors (Lipinski definition) is 0. The van der Waals surface area contributed by atoms with E-state index in [9.17, 15) is 9.59 Å². The first-order chi connectivity index (χ1) is 25.3. The fourth-order valence-corrected chi connectivity index (χ4v) is 10.0. The fraction of sp³-hybridized carbons (Fsp3) is 0.348. The largest absolute Gasteiger partial charge is 0.333 e. The molecule has 52 heavy (non-hydrogen) atoms. The molecule has 0 saturated heterocycles. The normalized spacial score (nSPS) is 20.3. The predicted octanol–water partition coefficient (Wildman–Crippen LogP) is 9.86. The lowest BCUT2D eigenvalue weighted by Crippen LogP contribution is -2.45. The standard InChI is InChI=1S/2C23H24N2O/c2*1-15-11-12-20-19(13-15)18-9-6-10-21-23(18)24(20)14-22(26)25(21)16(2)17-7-4-3-5-8-17/h2*3-5,7-8,11-13,16,21H,6,9-10,14H2,1-2H3/t16-,21?;16-,21-/m01/s1. The molecule has 0 radical (unpaired) electrons. The number of amides is 2. The van der Waals surface area contributed by atoms with Crippen LogP contribution in [0.2, 0.25) is 0 Å². The van der Waals surface area contributed by atoms with Gasteiger partial charge in [-0.3, -0.25) is 9.59 Å². The molecule has 0 N–H and O–H groups in total. The average molecular weight is 689 g/mol. The van der Waals surface area contributed by atoms with Crippen molar-refractivity contribution in [2.24, 2.45) is 0 Å². The molecule has 0 bridgehead atoms. The van der Waals surface area contributed by atoms with E-state index in [1.54, 1.807) is 0 Å². The quantitative estimate of drug-likeness (QED) is 0.185. The van der Waals surface area contributed by atoms with Gasteiger partial charge >= 0.3 is 0 Å². The summed E-state index contributed by atoms with van der Waals surface area (Å²) in [4.78, 5) is 30.7. The Morgan fingerprint density at radius 3 is 1.37 bits per heavy atom. The first kappa shape index (κ1) is 32.8. The number of benzene rings is 4. The lowest BCUT2D eigenvalue weighted by Gasteiger charge is -2.43. The second-order valence-electron chi connectivity index (χ2n) is 15.5. The number of aryl methyl sites for hydroxylation is 4. The van der Waals surface area contributed by atoms with Crippen molar-refractivity contribution in [2.75, 3.05) is 0 Å². The maximum Gasteiger partial charge on any atom is 0.243 e. The highest BCUT2D eigenvalue weighted by molar-refractivity contribution is 5.91. The molecule has 10 rings (SSSR count). The van der Waals surface area contributed by atoms with E-state index in [1.807, 2.05) is 12.1 Å². The van der Waals surface area contributed by atoms with Gasteiger partial charge in [-0.05, 0) is 113 Å². The first-order valence-electron chi connectivity index (χ1n) is 19.3. The number of carbonyl (C=O) groups is 2. The molecule has 264 valence electrons. The maximum absolute atomic E-state index is 13.2. The second-order valence-corrected chi connectivity index (χ2v) is 15.5. The van der Waals surface area contributed by atoms with Gasteiger partial charge in [0.15, 0.2) is 0 Å². The minimum absolute atomic E-state index is 0.105. The van der Waals surface area contributed by atoms with E-state index in [0.29, 0.717) is 13.1 Å². The third-order valence-electron chi connectivity index (χ3n) is 12.4. The highest BCUT2D eigenvalue weighted by Gasteiger charge is 2.42. The summed E-state index contributed by atoms with van der Waals surface area (Å²) < 4.78 is 4.59. The van der Waals surface area contributed by atoms with E-state index < -0.39 is 0 Å². The summed E-state index contributed by atoms with van der Waals surface area (Å²) in [6.07, 6.45) is 6.67. The molecule has 2 aliphatic heterocycles. The van der Waals surface area contributed by atoms with Gasteiger partial charge in [-0.15, -0.1) is 0 Å². The van der Waals surface area contributed by atoms with Crippen molar-refractivity contribution in [1.29, 1.82) is 0 Å². The summed E-state index contributed by atoms with van der Waals surface area (Å²) in [7, 11) is 0. The molecule has 1 unspecified atom stereocenters. The maximum atomic E-state index is 13.2. The summed E-state index contributed by atoms with van der Waals surface area (Å²) in [5.41, 5.74) is 13.2. The highest BCUT2D eigenvalue weighted by Crippen LogP contribution is 2.47. The van der Waals surface area contributed by atoms with Crippen LogP contribution in [-0.2, 0) is 35.5 Å². The van der Waals surface area contributed by atoms with E-state index in [-0.39, 0.29) is 36.0 Å². The van der Waals surface area contributed by atoms with Crippen molar-refractivity contribution in [1.82, 2.24) is 18.9 Å². The number of carbonyl (C=O) groups excluding carboxylic acids is 2. The van der Waals surface area contributed by atoms with Crippen LogP contribution in [0.5, 0.6) is 0 Å². The minimum atomic E-state index is 0.105. The molecule has 4 atom stereocenters. The van der Waals surface area contributed by atoms with Gasteiger partial charge in [-0.25, -0.2) is 0 Å². The molecule has 4 heterocycles. The summed E-state index contributed by atoms with van der Waals surface area (Å²) in [6, 6.07) is 34.8. The SMILES string of the molecule is Cc1ccc2c(c1)c1c3n2CC(=O)N([C@@H](C)c2ccccc2)C3CCC1.Cc1ccc2c(c1)c1c3n2CC(=O)N([C@H](C)c2ccccc2)[C@@H]3CCC1. The van der Waals surface area contributed by atoms with Crippen LogP contribution in [0.4, 0.5) is 0 Å². The van der Waals surface area contributed by atoms with Crippen LogP contribution in [0.3, 0.4) is 0 Å². The summed E-state index contributed by atoms with van der Waals surface area (Å²) in [5.74, 6) is 0.481. The predicted molar refractivity (Wildman–Crippen MR) is 208 cm³/mol. The summed E-state index contributed by atoms with van der Waals surface area (Å²) in [5, 5.41) is 2.71. The molecule has 4 aromatic carbocycles. The number of nitrogens with zero attached hydrogens (tertiary/aromatic N) is 4. The lowest BCUT2D eigenvalue weighted by molar-refractivity contribution is -0.140. The Labute approximate surface area is 306 Å². The van der Waals surface area contributed by atoms with Gasteiger partial charge in [0.2, 0.25) is 11.8 Å². The lowest BCUT2D eigenvalue weighted by atomic mass is 9.88. The van der Waals surface area contributed by atoms with Crippen LogP contribution in [0.15, 0.2) is 97.1 Å². The third-order valence-corrected chi connectivity index (χ3v) is 12.4. The van der Waals surface area contributed by atoms with E-state index in [1.165, 1.54) is 66.6 Å².